The topological polar surface area (TPSA) is 54.9 Å². The Bertz CT molecular complexity index is 779. The lowest BCUT2D eigenvalue weighted by molar-refractivity contribution is 0.0732. The zero-order valence-corrected chi connectivity index (χ0v) is 20.4. The number of hydrogen-bond donors (Lipinski definition) is 2. The summed E-state index contributed by atoms with van der Waals surface area (Å²) < 4.78 is 11.4. The van der Waals surface area contributed by atoms with Crippen molar-refractivity contribution in [3.8, 4) is 5.75 Å². The number of benzene rings is 2. The molecular weight excluding hydrogens is 489 g/mol. The van der Waals surface area contributed by atoms with Crippen molar-refractivity contribution in [1.82, 2.24) is 10.6 Å². The summed E-state index contributed by atoms with van der Waals surface area (Å²) in [5.74, 6) is 1.72. The molecule has 1 fully saturated rings. The van der Waals surface area contributed by atoms with Gasteiger partial charge < -0.3 is 20.1 Å². The van der Waals surface area contributed by atoms with E-state index < -0.39 is 0 Å². The van der Waals surface area contributed by atoms with E-state index in [0.717, 1.165) is 42.4 Å². The maximum Gasteiger partial charge on any atom is 0.191 e. The lowest BCUT2D eigenvalue weighted by atomic mass is 9.67. The summed E-state index contributed by atoms with van der Waals surface area (Å²) in [5.41, 5.74) is 2.63. The second-order valence-corrected chi connectivity index (χ2v) is 7.76. The van der Waals surface area contributed by atoms with E-state index in [1.54, 1.807) is 7.11 Å². The van der Waals surface area contributed by atoms with Crippen LogP contribution in [0.2, 0.25) is 0 Å². The number of guanidine groups is 1. The van der Waals surface area contributed by atoms with Gasteiger partial charge in [-0.15, -0.1) is 24.0 Å². The van der Waals surface area contributed by atoms with Crippen LogP contribution in [0.15, 0.2) is 59.6 Å². The predicted octanol–water partition coefficient (Wildman–Crippen LogP) is 4.76. The van der Waals surface area contributed by atoms with Crippen molar-refractivity contribution >= 4 is 29.9 Å². The average molecular weight is 523 g/mol. The largest absolute Gasteiger partial charge is 0.489 e. The molecular formula is C24H34IN3O2. The van der Waals surface area contributed by atoms with Crippen molar-refractivity contribution in [3.63, 3.8) is 0 Å². The molecule has 1 aliphatic carbocycles. The van der Waals surface area contributed by atoms with Gasteiger partial charge in [-0.2, -0.15) is 0 Å². The van der Waals surface area contributed by atoms with Crippen molar-refractivity contribution in [2.24, 2.45) is 10.4 Å². The Morgan fingerprint density at radius 3 is 2.43 bits per heavy atom. The van der Waals surface area contributed by atoms with E-state index in [4.69, 9.17) is 9.47 Å². The molecule has 0 spiro atoms. The summed E-state index contributed by atoms with van der Waals surface area (Å²) in [6, 6.07) is 18.4. The second kappa shape index (κ2) is 12.8. The molecule has 6 heteroatoms. The van der Waals surface area contributed by atoms with Crippen LogP contribution in [0.4, 0.5) is 0 Å². The average Bonchev–Trinajstić information content (AvgIpc) is 2.74. The fourth-order valence-corrected chi connectivity index (χ4v) is 3.71. The fourth-order valence-electron chi connectivity index (χ4n) is 3.71. The molecule has 164 valence electrons. The van der Waals surface area contributed by atoms with Gasteiger partial charge in [0.2, 0.25) is 0 Å². The van der Waals surface area contributed by atoms with Crippen LogP contribution >= 0.6 is 24.0 Å². The summed E-state index contributed by atoms with van der Waals surface area (Å²) in [5, 5.41) is 6.94. The zero-order valence-electron chi connectivity index (χ0n) is 18.0. The molecule has 2 N–H and O–H groups in total. The van der Waals surface area contributed by atoms with Gasteiger partial charge >= 0.3 is 0 Å². The number of nitrogens with one attached hydrogen (secondary N) is 2. The highest BCUT2D eigenvalue weighted by atomic mass is 127. The highest BCUT2D eigenvalue weighted by Crippen LogP contribution is 2.43. The molecule has 0 amide bonds. The van der Waals surface area contributed by atoms with Crippen LogP contribution in [0.3, 0.4) is 0 Å². The number of ether oxygens (including phenoxy) is 2. The summed E-state index contributed by atoms with van der Waals surface area (Å²) >= 11 is 0. The molecule has 0 saturated heterocycles. The second-order valence-electron chi connectivity index (χ2n) is 7.76. The first kappa shape index (κ1) is 24.5. The third kappa shape index (κ3) is 7.16. The smallest absolute Gasteiger partial charge is 0.191 e. The Labute approximate surface area is 197 Å². The van der Waals surface area contributed by atoms with Crippen LogP contribution in [0.25, 0.3) is 0 Å². The molecule has 1 saturated carbocycles. The van der Waals surface area contributed by atoms with Gasteiger partial charge in [-0.1, -0.05) is 55.0 Å². The molecule has 0 aromatic heterocycles. The van der Waals surface area contributed by atoms with E-state index in [1.807, 2.05) is 43.4 Å². The van der Waals surface area contributed by atoms with E-state index >= 15 is 0 Å². The number of methoxy groups -OCH3 is 1. The number of hydrogen-bond acceptors (Lipinski definition) is 3. The van der Waals surface area contributed by atoms with Gasteiger partial charge in [0.1, 0.15) is 12.4 Å². The van der Waals surface area contributed by atoms with Gasteiger partial charge in [-0.25, -0.2) is 0 Å². The molecule has 2 aromatic carbocycles. The van der Waals surface area contributed by atoms with E-state index in [2.05, 4.69) is 33.8 Å². The summed E-state index contributed by atoms with van der Waals surface area (Å²) in [4.78, 5) is 4.39. The van der Waals surface area contributed by atoms with Gasteiger partial charge in [-0.3, -0.25) is 4.99 Å². The molecule has 0 aliphatic heterocycles. The Balaban J connectivity index is 0.00000320. The van der Waals surface area contributed by atoms with Crippen molar-refractivity contribution in [3.05, 3.63) is 65.7 Å². The Hall–Kier alpha value is -1.80. The van der Waals surface area contributed by atoms with E-state index in [-0.39, 0.29) is 24.0 Å². The fraction of sp³-hybridized carbons (Fsp3) is 0.458. The van der Waals surface area contributed by atoms with Crippen LogP contribution in [-0.2, 0) is 17.9 Å². The molecule has 0 radical (unpaired) electrons. The van der Waals surface area contributed by atoms with Crippen LogP contribution in [0.5, 0.6) is 5.75 Å². The molecule has 1 aliphatic rings. The number of aliphatic imine (C=N–C) groups is 1. The molecule has 3 rings (SSSR count). The minimum absolute atomic E-state index is 0. The van der Waals surface area contributed by atoms with Crippen molar-refractivity contribution < 1.29 is 9.47 Å². The van der Waals surface area contributed by atoms with Crippen LogP contribution in [0, 0.1) is 5.41 Å². The standard InChI is InChI=1S/C24H33N3O2.HI/c1-25-23(27-19-24(13-8-14-24)15-16-28-2)26-17-21-11-6-7-12-22(21)29-18-20-9-4-3-5-10-20;/h3-7,9-12H,8,13-19H2,1-2H3,(H2,25,26,27);1H. The molecule has 30 heavy (non-hydrogen) atoms. The first-order valence-corrected chi connectivity index (χ1v) is 10.4. The summed E-state index contributed by atoms with van der Waals surface area (Å²) in [6.07, 6.45) is 4.93. The normalized spacial score (nSPS) is 14.9. The van der Waals surface area contributed by atoms with Crippen molar-refractivity contribution in [2.45, 2.75) is 38.8 Å². The monoisotopic (exact) mass is 523 g/mol. The molecule has 2 aromatic rings. The molecule has 0 bridgehead atoms. The van der Waals surface area contributed by atoms with Crippen molar-refractivity contribution in [1.29, 1.82) is 0 Å². The third-order valence-electron chi connectivity index (χ3n) is 5.76. The third-order valence-corrected chi connectivity index (χ3v) is 5.76. The van der Waals surface area contributed by atoms with Gasteiger partial charge in [0.25, 0.3) is 0 Å². The van der Waals surface area contributed by atoms with Gasteiger partial charge in [-0.05, 0) is 36.3 Å². The predicted molar refractivity (Wildman–Crippen MR) is 134 cm³/mol. The molecule has 0 atom stereocenters. The van der Waals surface area contributed by atoms with Crippen LogP contribution in [0.1, 0.15) is 36.8 Å². The quantitative estimate of drug-likeness (QED) is 0.268. The van der Waals surface area contributed by atoms with Gasteiger partial charge in [0, 0.05) is 39.4 Å². The number of halogens is 1. The first-order chi connectivity index (χ1) is 14.2. The maximum atomic E-state index is 6.06. The number of para-hydroxylation sites is 1. The highest BCUT2D eigenvalue weighted by molar-refractivity contribution is 14.0. The Kier molecular flexibility index (Phi) is 10.4. The van der Waals surface area contributed by atoms with Crippen LogP contribution in [-0.4, -0.2) is 33.3 Å². The summed E-state index contributed by atoms with van der Waals surface area (Å²) in [6.45, 7) is 2.98. The SMILES string of the molecule is CN=C(NCc1ccccc1OCc1ccccc1)NCC1(CCOC)CCC1.I. The zero-order chi connectivity index (χ0) is 20.4. The van der Waals surface area contributed by atoms with E-state index in [0.29, 0.717) is 18.6 Å². The first-order valence-electron chi connectivity index (χ1n) is 10.4. The van der Waals surface area contributed by atoms with Crippen molar-refractivity contribution in [2.75, 3.05) is 27.3 Å². The minimum Gasteiger partial charge on any atom is -0.489 e. The number of nitrogens with zero attached hydrogens (tertiary/aromatic N) is 1. The lowest BCUT2D eigenvalue weighted by Gasteiger charge is -2.42. The summed E-state index contributed by atoms with van der Waals surface area (Å²) in [7, 11) is 3.59. The molecule has 5 nitrogen and oxygen atoms in total. The van der Waals surface area contributed by atoms with Gasteiger partial charge in [0.05, 0.1) is 0 Å². The van der Waals surface area contributed by atoms with Gasteiger partial charge in [0.15, 0.2) is 5.96 Å². The molecule has 0 unspecified atom stereocenters. The Morgan fingerprint density at radius 2 is 1.77 bits per heavy atom. The lowest BCUT2D eigenvalue weighted by Crippen LogP contribution is -2.46. The highest BCUT2D eigenvalue weighted by Gasteiger charge is 2.36. The van der Waals surface area contributed by atoms with Crippen LogP contribution < -0.4 is 15.4 Å². The molecule has 0 heterocycles. The minimum atomic E-state index is 0. The Morgan fingerprint density at radius 1 is 1.03 bits per heavy atom. The number of rotatable bonds is 10. The van der Waals surface area contributed by atoms with E-state index in [1.165, 1.54) is 19.3 Å². The maximum absolute atomic E-state index is 6.06. The van der Waals surface area contributed by atoms with E-state index in [9.17, 15) is 0 Å².